The number of pyridine rings is 1. The van der Waals surface area contributed by atoms with Crippen molar-refractivity contribution in [1.29, 1.82) is 5.26 Å². The molecule has 184 valence electrons. The Morgan fingerprint density at radius 2 is 1.81 bits per heavy atom. The van der Waals surface area contributed by atoms with Gasteiger partial charge in [0.2, 0.25) is 5.78 Å². The summed E-state index contributed by atoms with van der Waals surface area (Å²) in [5.41, 5.74) is 6.69. The molecule has 3 aromatic heterocycles. The highest BCUT2D eigenvalue weighted by Crippen LogP contribution is 2.41. The second kappa shape index (κ2) is 9.65. The molecule has 5 nitrogen and oxygen atoms in total. The van der Waals surface area contributed by atoms with Crippen molar-refractivity contribution in [2.75, 3.05) is 13.1 Å². The number of carbonyl (C=O) groups excluding carboxylic acids is 1. The fourth-order valence-electron chi connectivity index (χ4n) is 5.40. The summed E-state index contributed by atoms with van der Waals surface area (Å²) >= 11 is 1.59. The molecule has 0 atom stereocenters. The summed E-state index contributed by atoms with van der Waals surface area (Å²) in [5.74, 6) is 0.181. The van der Waals surface area contributed by atoms with E-state index in [-0.39, 0.29) is 0 Å². The maximum absolute atomic E-state index is 12.4. The van der Waals surface area contributed by atoms with Gasteiger partial charge in [0.15, 0.2) is 0 Å². The van der Waals surface area contributed by atoms with Crippen LogP contribution in [-0.2, 0) is 16.8 Å². The third kappa shape index (κ3) is 4.61. The van der Waals surface area contributed by atoms with Crippen molar-refractivity contribution in [1.82, 2.24) is 14.9 Å². The second-order valence-corrected chi connectivity index (χ2v) is 11.7. The average molecular weight is 497 g/mol. The van der Waals surface area contributed by atoms with E-state index >= 15 is 0 Å². The molecule has 0 amide bonds. The molecule has 0 radical (unpaired) electrons. The molecule has 0 saturated carbocycles. The first-order chi connectivity index (χ1) is 17.3. The standard InChI is InChI=1S/C30H32N4OS/c1-19-13-20(2)15-23(14-19)28-25(18-34-11-7-22(8-12-34)21-5-9-32-10-6-21)24-16-27(36-29(24)33-28)30(3,4)26(35)17-31/h5-6,9-10,13-16,22,33H,7-8,11-12,18H2,1-4H3. The number of aryl methyl sites for hydroxylation is 2. The van der Waals surface area contributed by atoms with Crippen LogP contribution in [0.5, 0.6) is 0 Å². The summed E-state index contributed by atoms with van der Waals surface area (Å²) in [6.45, 7) is 10.9. The maximum atomic E-state index is 12.4. The molecule has 4 aromatic rings. The molecule has 0 unspecified atom stereocenters. The number of H-pyrrole nitrogens is 1. The van der Waals surface area contributed by atoms with E-state index < -0.39 is 11.2 Å². The van der Waals surface area contributed by atoms with Gasteiger partial charge in [0.1, 0.15) is 10.9 Å². The lowest BCUT2D eigenvalue weighted by atomic mass is 9.86. The molecule has 1 aliphatic rings. The Kier molecular flexibility index (Phi) is 6.55. The van der Waals surface area contributed by atoms with Crippen molar-refractivity contribution < 1.29 is 4.79 Å². The molecule has 5 rings (SSSR count). The van der Waals surface area contributed by atoms with Gasteiger partial charge in [0.25, 0.3) is 0 Å². The average Bonchev–Trinajstić information content (AvgIpc) is 3.44. The normalized spacial score (nSPS) is 15.3. The first kappa shape index (κ1) is 24.4. The summed E-state index contributed by atoms with van der Waals surface area (Å²) in [4.78, 5) is 24.8. The fourth-order valence-corrected chi connectivity index (χ4v) is 6.59. The van der Waals surface area contributed by atoms with Gasteiger partial charge in [-0.15, -0.1) is 11.3 Å². The van der Waals surface area contributed by atoms with Crippen LogP contribution in [0.3, 0.4) is 0 Å². The van der Waals surface area contributed by atoms with Gasteiger partial charge < -0.3 is 4.98 Å². The first-order valence-corrected chi connectivity index (χ1v) is 13.4. The lowest BCUT2D eigenvalue weighted by Crippen LogP contribution is -2.32. The van der Waals surface area contributed by atoms with Crippen LogP contribution >= 0.6 is 11.3 Å². The van der Waals surface area contributed by atoms with E-state index in [4.69, 9.17) is 0 Å². The van der Waals surface area contributed by atoms with Crippen LogP contribution in [0.4, 0.5) is 0 Å². The number of likely N-dealkylation sites (tertiary alicyclic amines) is 1. The smallest absolute Gasteiger partial charge is 0.242 e. The van der Waals surface area contributed by atoms with E-state index in [1.807, 2.05) is 32.3 Å². The topological polar surface area (TPSA) is 72.8 Å². The van der Waals surface area contributed by atoms with Crippen LogP contribution in [0, 0.1) is 25.2 Å². The van der Waals surface area contributed by atoms with Crippen LogP contribution in [-0.4, -0.2) is 33.7 Å². The van der Waals surface area contributed by atoms with Crippen molar-refractivity contribution in [2.45, 2.75) is 58.4 Å². The highest BCUT2D eigenvalue weighted by atomic mass is 32.1. The number of thiophene rings is 1. The number of aromatic amines is 1. The van der Waals surface area contributed by atoms with Gasteiger partial charge in [0.05, 0.1) is 11.1 Å². The lowest BCUT2D eigenvalue weighted by molar-refractivity contribution is -0.118. The molecule has 1 fully saturated rings. The van der Waals surface area contributed by atoms with Crippen molar-refractivity contribution in [3.05, 3.63) is 75.9 Å². The number of fused-ring (bicyclic) bond motifs is 1. The van der Waals surface area contributed by atoms with Crippen LogP contribution in [0.15, 0.2) is 48.8 Å². The van der Waals surface area contributed by atoms with E-state index in [1.165, 1.54) is 33.2 Å². The summed E-state index contributed by atoms with van der Waals surface area (Å²) < 4.78 is 0. The Balaban J connectivity index is 1.50. The Bertz CT molecular complexity index is 1430. The molecular weight excluding hydrogens is 464 g/mol. The summed E-state index contributed by atoms with van der Waals surface area (Å²) in [6.07, 6.45) is 6.05. The fraction of sp³-hybridized carbons (Fsp3) is 0.367. The zero-order chi connectivity index (χ0) is 25.4. The number of hydrogen-bond donors (Lipinski definition) is 1. The number of Topliss-reactive ketones (excluding diaryl/α,β-unsaturated/α-hetero) is 1. The van der Waals surface area contributed by atoms with E-state index in [2.05, 4.69) is 65.1 Å². The minimum Gasteiger partial charge on any atom is -0.346 e. The Hall–Kier alpha value is -3.27. The van der Waals surface area contributed by atoms with E-state index in [0.717, 1.165) is 47.9 Å². The summed E-state index contributed by atoms with van der Waals surface area (Å²) in [7, 11) is 0. The van der Waals surface area contributed by atoms with E-state index in [9.17, 15) is 10.1 Å². The van der Waals surface area contributed by atoms with Crippen molar-refractivity contribution in [2.24, 2.45) is 0 Å². The number of nitrogens with one attached hydrogen (secondary N) is 1. The quantitative estimate of drug-likeness (QED) is 0.303. The Morgan fingerprint density at radius 3 is 2.44 bits per heavy atom. The van der Waals surface area contributed by atoms with Crippen LogP contribution < -0.4 is 0 Å². The maximum Gasteiger partial charge on any atom is 0.242 e. The number of benzene rings is 1. The monoisotopic (exact) mass is 496 g/mol. The molecule has 1 saturated heterocycles. The van der Waals surface area contributed by atoms with Gasteiger partial charge in [0, 0.05) is 34.8 Å². The predicted octanol–water partition coefficient (Wildman–Crippen LogP) is 6.66. The number of ketones is 1. The number of nitriles is 1. The van der Waals surface area contributed by atoms with Gasteiger partial charge >= 0.3 is 0 Å². The minimum atomic E-state index is -0.820. The van der Waals surface area contributed by atoms with Gasteiger partial charge in [-0.1, -0.05) is 17.2 Å². The minimum absolute atomic E-state index is 0.402. The summed E-state index contributed by atoms with van der Waals surface area (Å²) in [6, 6.07) is 14.9. The Labute approximate surface area is 216 Å². The van der Waals surface area contributed by atoms with E-state index in [1.54, 1.807) is 11.3 Å². The molecule has 36 heavy (non-hydrogen) atoms. The van der Waals surface area contributed by atoms with Crippen LogP contribution in [0.25, 0.3) is 21.5 Å². The number of nitrogens with zero attached hydrogens (tertiary/aromatic N) is 3. The predicted molar refractivity (Wildman–Crippen MR) is 146 cm³/mol. The third-order valence-corrected chi connectivity index (χ3v) is 8.91. The highest BCUT2D eigenvalue weighted by molar-refractivity contribution is 7.19. The number of carbonyl (C=O) groups is 1. The molecule has 0 bridgehead atoms. The number of rotatable bonds is 6. The van der Waals surface area contributed by atoms with Gasteiger partial charge in [-0.3, -0.25) is 14.7 Å². The van der Waals surface area contributed by atoms with Gasteiger partial charge in [-0.05, 0) is 101 Å². The van der Waals surface area contributed by atoms with Crippen LogP contribution in [0.2, 0.25) is 0 Å². The largest absolute Gasteiger partial charge is 0.346 e. The van der Waals surface area contributed by atoms with Gasteiger partial charge in [-0.25, -0.2) is 0 Å². The van der Waals surface area contributed by atoms with Crippen LogP contribution in [0.1, 0.15) is 59.7 Å². The van der Waals surface area contributed by atoms with Crippen molar-refractivity contribution in [3.8, 4) is 17.3 Å². The molecule has 6 heteroatoms. The van der Waals surface area contributed by atoms with E-state index in [0.29, 0.717) is 5.92 Å². The molecule has 4 heterocycles. The third-order valence-electron chi connectivity index (χ3n) is 7.54. The SMILES string of the molecule is Cc1cc(C)cc(-c2[nH]c3sc(C(C)(C)C(=O)C#N)cc3c2CN2CCC(c3ccncc3)CC2)c1. The van der Waals surface area contributed by atoms with Crippen molar-refractivity contribution in [3.63, 3.8) is 0 Å². The second-order valence-electron chi connectivity index (χ2n) is 10.6. The zero-order valence-electron chi connectivity index (χ0n) is 21.4. The Morgan fingerprint density at radius 1 is 1.14 bits per heavy atom. The summed E-state index contributed by atoms with van der Waals surface area (Å²) in [5, 5.41) is 10.4. The molecule has 1 aromatic carbocycles. The number of piperidine rings is 1. The van der Waals surface area contributed by atoms with Gasteiger partial charge in [-0.2, -0.15) is 5.26 Å². The molecule has 0 aliphatic carbocycles. The molecular formula is C30H32N4OS. The lowest BCUT2D eigenvalue weighted by Gasteiger charge is -2.32. The zero-order valence-corrected chi connectivity index (χ0v) is 22.2. The number of aromatic nitrogens is 2. The first-order valence-electron chi connectivity index (χ1n) is 12.6. The molecule has 0 spiro atoms. The van der Waals surface area contributed by atoms with Crippen molar-refractivity contribution >= 4 is 27.3 Å². The molecule has 1 aliphatic heterocycles. The number of hydrogen-bond acceptors (Lipinski definition) is 5. The highest BCUT2D eigenvalue weighted by Gasteiger charge is 2.33. The molecule has 1 N–H and O–H groups in total.